The van der Waals surface area contributed by atoms with Gasteiger partial charge in [-0.05, 0) is 34.6 Å². The summed E-state index contributed by atoms with van der Waals surface area (Å²) in [4.78, 5) is 10.1. The first-order valence-electron chi connectivity index (χ1n) is 7.21. The predicted molar refractivity (Wildman–Crippen MR) is 93.3 cm³/mol. The zero-order chi connectivity index (χ0) is 17.0. The number of hydrogen-bond acceptors (Lipinski definition) is 5. The minimum atomic E-state index is -3.14. The lowest BCUT2D eigenvalue weighted by molar-refractivity contribution is 0.544. The number of aliphatic imine (C=N–C) groups is 1. The molecular formula is C14H26N4O2S2. The van der Waals surface area contributed by atoms with Crippen LogP contribution in [-0.4, -0.2) is 43.5 Å². The van der Waals surface area contributed by atoms with Gasteiger partial charge in [-0.1, -0.05) is 0 Å². The van der Waals surface area contributed by atoms with Crippen LogP contribution in [0.5, 0.6) is 0 Å². The molecule has 0 aliphatic rings. The third kappa shape index (κ3) is 5.24. The van der Waals surface area contributed by atoms with Gasteiger partial charge in [0.2, 0.25) is 0 Å². The van der Waals surface area contributed by atoms with Crippen molar-refractivity contribution >= 4 is 27.1 Å². The number of hydrogen-bond donors (Lipinski definition) is 2. The first-order valence-corrected chi connectivity index (χ1v) is 9.92. The average Bonchev–Trinajstić information content (AvgIpc) is 2.71. The summed E-state index contributed by atoms with van der Waals surface area (Å²) in [5, 5.41) is 7.17. The lowest BCUT2D eigenvalue weighted by atomic mass is 10.2. The van der Waals surface area contributed by atoms with Crippen LogP contribution in [0.3, 0.4) is 0 Å². The van der Waals surface area contributed by atoms with Gasteiger partial charge in [0, 0.05) is 24.2 Å². The fraction of sp³-hybridized carbons (Fsp3) is 0.714. The standard InChI is InChI=1S/C14H26N4O2S2/c1-7-15-13(17-9-14(4,5)22(6,19)20)16-8-12-18-10(2)11(3)21-12/h7-9H2,1-6H3,(H2,15,16,17). The average molecular weight is 347 g/mol. The molecule has 0 aliphatic heterocycles. The first kappa shape index (κ1) is 18.9. The number of aromatic nitrogens is 1. The molecule has 0 fully saturated rings. The number of sulfone groups is 1. The molecule has 0 aromatic carbocycles. The van der Waals surface area contributed by atoms with Crippen LogP contribution in [0.2, 0.25) is 0 Å². The van der Waals surface area contributed by atoms with Gasteiger partial charge in [0.25, 0.3) is 0 Å². The van der Waals surface area contributed by atoms with Crippen LogP contribution in [-0.2, 0) is 16.4 Å². The third-order valence-electron chi connectivity index (χ3n) is 3.47. The molecule has 6 nitrogen and oxygen atoms in total. The molecule has 1 aromatic heterocycles. The van der Waals surface area contributed by atoms with Gasteiger partial charge in [-0.2, -0.15) is 0 Å². The van der Waals surface area contributed by atoms with Crippen molar-refractivity contribution in [1.82, 2.24) is 15.6 Å². The van der Waals surface area contributed by atoms with Crippen molar-refractivity contribution in [2.45, 2.75) is 45.9 Å². The van der Waals surface area contributed by atoms with E-state index in [9.17, 15) is 8.42 Å². The molecule has 0 amide bonds. The lowest BCUT2D eigenvalue weighted by Crippen LogP contribution is -2.47. The van der Waals surface area contributed by atoms with E-state index in [0.717, 1.165) is 10.7 Å². The van der Waals surface area contributed by atoms with E-state index in [1.165, 1.54) is 11.1 Å². The molecule has 0 saturated carbocycles. The number of thiazole rings is 1. The Kier molecular flexibility index (Phi) is 6.37. The largest absolute Gasteiger partial charge is 0.357 e. The Balaban J connectivity index is 2.74. The Morgan fingerprint density at radius 2 is 1.95 bits per heavy atom. The maximum Gasteiger partial charge on any atom is 0.191 e. The summed E-state index contributed by atoms with van der Waals surface area (Å²) < 4.78 is 22.6. The predicted octanol–water partition coefficient (Wildman–Crippen LogP) is 1.64. The van der Waals surface area contributed by atoms with E-state index in [1.54, 1.807) is 25.2 Å². The van der Waals surface area contributed by atoms with E-state index in [0.29, 0.717) is 25.6 Å². The summed E-state index contributed by atoms with van der Waals surface area (Å²) >= 11 is 1.63. The molecule has 0 bridgehead atoms. The van der Waals surface area contributed by atoms with E-state index >= 15 is 0 Å². The van der Waals surface area contributed by atoms with Crippen LogP contribution < -0.4 is 10.6 Å². The van der Waals surface area contributed by atoms with E-state index < -0.39 is 14.6 Å². The lowest BCUT2D eigenvalue weighted by Gasteiger charge is -2.24. The molecule has 0 saturated heterocycles. The Hall–Kier alpha value is -1.15. The molecule has 0 spiro atoms. The van der Waals surface area contributed by atoms with Crippen LogP contribution >= 0.6 is 11.3 Å². The monoisotopic (exact) mass is 346 g/mol. The summed E-state index contributed by atoms with van der Waals surface area (Å²) in [5.74, 6) is 0.602. The number of aryl methyl sites for hydroxylation is 2. The molecule has 0 radical (unpaired) electrons. The highest BCUT2D eigenvalue weighted by Crippen LogP contribution is 2.17. The van der Waals surface area contributed by atoms with E-state index in [2.05, 4.69) is 20.6 Å². The quantitative estimate of drug-likeness (QED) is 0.604. The van der Waals surface area contributed by atoms with Gasteiger partial charge in [-0.25, -0.2) is 18.4 Å². The number of guanidine groups is 1. The summed E-state index contributed by atoms with van der Waals surface area (Å²) in [5.41, 5.74) is 1.03. The second-order valence-electron chi connectivity index (χ2n) is 5.83. The van der Waals surface area contributed by atoms with Crippen molar-refractivity contribution in [3.8, 4) is 0 Å². The van der Waals surface area contributed by atoms with Gasteiger partial charge in [0.15, 0.2) is 15.8 Å². The SMILES string of the molecule is CCNC(=NCc1nc(C)c(C)s1)NCC(C)(C)S(C)(=O)=O. The second kappa shape index (κ2) is 7.41. The molecule has 0 atom stereocenters. The normalized spacial score (nSPS) is 13.3. The van der Waals surface area contributed by atoms with Crippen molar-refractivity contribution in [1.29, 1.82) is 0 Å². The van der Waals surface area contributed by atoms with Crippen molar-refractivity contribution in [2.24, 2.45) is 4.99 Å². The molecule has 1 rings (SSSR count). The van der Waals surface area contributed by atoms with Crippen molar-refractivity contribution in [3.05, 3.63) is 15.6 Å². The Bertz CT molecular complexity index is 614. The van der Waals surface area contributed by atoms with Gasteiger partial charge >= 0.3 is 0 Å². The molecule has 22 heavy (non-hydrogen) atoms. The van der Waals surface area contributed by atoms with E-state index in [-0.39, 0.29) is 0 Å². The summed E-state index contributed by atoms with van der Waals surface area (Å²) in [6, 6.07) is 0. The molecule has 126 valence electrons. The minimum Gasteiger partial charge on any atom is -0.357 e. The molecular weight excluding hydrogens is 320 g/mol. The molecule has 0 aliphatic carbocycles. The highest BCUT2D eigenvalue weighted by molar-refractivity contribution is 7.92. The highest BCUT2D eigenvalue weighted by Gasteiger charge is 2.30. The van der Waals surface area contributed by atoms with E-state index in [1.807, 2.05) is 20.8 Å². The zero-order valence-corrected chi connectivity index (χ0v) is 15.8. The first-order chi connectivity index (χ1) is 10.1. The van der Waals surface area contributed by atoms with Crippen LogP contribution in [0.25, 0.3) is 0 Å². The Morgan fingerprint density at radius 3 is 2.41 bits per heavy atom. The van der Waals surface area contributed by atoms with Gasteiger partial charge < -0.3 is 10.6 Å². The smallest absolute Gasteiger partial charge is 0.191 e. The maximum atomic E-state index is 11.7. The number of nitrogens with one attached hydrogen (secondary N) is 2. The molecule has 1 heterocycles. The summed E-state index contributed by atoms with van der Waals surface area (Å²) in [7, 11) is -3.14. The maximum absolute atomic E-state index is 11.7. The van der Waals surface area contributed by atoms with Crippen LogP contribution in [0, 0.1) is 13.8 Å². The molecule has 1 aromatic rings. The van der Waals surface area contributed by atoms with Crippen molar-refractivity contribution < 1.29 is 8.42 Å². The number of rotatable bonds is 6. The van der Waals surface area contributed by atoms with E-state index in [4.69, 9.17) is 0 Å². The van der Waals surface area contributed by atoms with Crippen LogP contribution in [0.4, 0.5) is 0 Å². The van der Waals surface area contributed by atoms with Crippen LogP contribution in [0.15, 0.2) is 4.99 Å². The topological polar surface area (TPSA) is 83.4 Å². The zero-order valence-electron chi connectivity index (χ0n) is 14.1. The molecule has 2 N–H and O–H groups in total. The van der Waals surface area contributed by atoms with Gasteiger partial charge in [0.05, 0.1) is 17.0 Å². The van der Waals surface area contributed by atoms with Gasteiger partial charge in [0.1, 0.15) is 5.01 Å². The fourth-order valence-corrected chi connectivity index (χ4v) is 2.72. The van der Waals surface area contributed by atoms with Gasteiger partial charge in [-0.15, -0.1) is 11.3 Å². The minimum absolute atomic E-state index is 0.299. The van der Waals surface area contributed by atoms with Crippen molar-refractivity contribution in [2.75, 3.05) is 19.3 Å². The summed E-state index contributed by atoms with van der Waals surface area (Å²) in [6.45, 7) is 10.9. The Morgan fingerprint density at radius 1 is 1.32 bits per heavy atom. The second-order valence-corrected chi connectivity index (χ2v) is 9.77. The van der Waals surface area contributed by atoms with Crippen LogP contribution in [0.1, 0.15) is 36.3 Å². The third-order valence-corrected chi connectivity index (χ3v) is 6.68. The fourth-order valence-electron chi connectivity index (χ4n) is 1.52. The van der Waals surface area contributed by atoms with Crippen molar-refractivity contribution in [3.63, 3.8) is 0 Å². The highest BCUT2D eigenvalue weighted by atomic mass is 32.2. The summed E-state index contributed by atoms with van der Waals surface area (Å²) in [6.07, 6.45) is 1.25. The molecule has 8 heteroatoms. The Labute approximate surface area is 137 Å². The van der Waals surface area contributed by atoms with Gasteiger partial charge in [-0.3, -0.25) is 0 Å². The number of nitrogens with zero attached hydrogens (tertiary/aromatic N) is 2. The molecule has 0 unspecified atom stereocenters.